The van der Waals surface area contributed by atoms with Crippen molar-refractivity contribution < 1.29 is 0 Å². The number of unbranched alkanes of at least 4 members (excludes halogenated alkanes) is 1. The Bertz CT molecular complexity index is 686. The van der Waals surface area contributed by atoms with Crippen molar-refractivity contribution in [1.29, 1.82) is 0 Å². The number of thiazole rings is 1. The molecule has 1 saturated heterocycles. The maximum Gasteiger partial charge on any atom is 0.223 e. The molecule has 7 heteroatoms. The fourth-order valence-corrected chi connectivity index (χ4v) is 4.17. The number of nitrogens with zero attached hydrogens (tertiary/aromatic N) is 4. The molecule has 0 bridgehead atoms. The number of nitrogens with one attached hydrogen (secondary N) is 1. The highest BCUT2D eigenvalue weighted by atomic mass is 32.1. The summed E-state index contributed by atoms with van der Waals surface area (Å²) in [5.41, 5.74) is 7.06. The maximum absolute atomic E-state index is 5.93. The lowest BCUT2D eigenvalue weighted by Gasteiger charge is -2.33. The molecule has 3 rings (SSSR count). The van der Waals surface area contributed by atoms with Gasteiger partial charge in [0.1, 0.15) is 11.6 Å². The Morgan fingerprint density at radius 2 is 2.24 bits per heavy atom. The zero-order valence-corrected chi connectivity index (χ0v) is 16.0. The molecular formula is C18H28N6S. The average Bonchev–Trinajstić information content (AvgIpc) is 3.00. The van der Waals surface area contributed by atoms with Crippen LogP contribution in [-0.2, 0) is 6.42 Å². The van der Waals surface area contributed by atoms with Crippen LogP contribution in [0.1, 0.15) is 43.3 Å². The predicted octanol–water partition coefficient (Wildman–Crippen LogP) is 3.49. The summed E-state index contributed by atoms with van der Waals surface area (Å²) in [4.78, 5) is 15.7. The number of aryl methyl sites for hydroxylation is 1. The van der Waals surface area contributed by atoms with Crippen LogP contribution in [0.15, 0.2) is 11.4 Å². The summed E-state index contributed by atoms with van der Waals surface area (Å²) in [5, 5.41) is 6.73. The molecule has 1 atom stereocenters. The summed E-state index contributed by atoms with van der Waals surface area (Å²) in [6.45, 7) is 7.18. The van der Waals surface area contributed by atoms with Crippen molar-refractivity contribution >= 4 is 28.9 Å². The van der Waals surface area contributed by atoms with E-state index >= 15 is 0 Å². The van der Waals surface area contributed by atoms with Crippen molar-refractivity contribution in [3.8, 4) is 0 Å². The molecule has 136 valence electrons. The highest BCUT2D eigenvalue weighted by Crippen LogP contribution is 2.27. The molecular weight excluding hydrogens is 332 g/mol. The Balaban J connectivity index is 1.65. The van der Waals surface area contributed by atoms with Crippen LogP contribution in [0.4, 0.5) is 17.6 Å². The molecule has 3 heterocycles. The van der Waals surface area contributed by atoms with E-state index in [-0.39, 0.29) is 0 Å². The molecule has 1 aliphatic rings. The summed E-state index contributed by atoms with van der Waals surface area (Å²) >= 11 is 1.77. The van der Waals surface area contributed by atoms with Crippen molar-refractivity contribution in [2.24, 2.45) is 5.92 Å². The number of rotatable bonds is 7. The summed E-state index contributed by atoms with van der Waals surface area (Å²) < 4.78 is 0. The van der Waals surface area contributed by atoms with E-state index in [0.29, 0.717) is 11.9 Å². The van der Waals surface area contributed by atoms with Gasteiger partial charge in [0, 0.05) is 43.2 Å². The molecule has 6 nitrogen and oxygen atoms in total. The number of nitrogen functional groups attached to an aromatic ring is 1. The largest absolute Gasteiger partial charge is 0.370 e. The molecule has 3 N–H and O–H groups in total. The fourth-order valence-electron chi connectivity index (χ4n) is 3.28. The van der Waals surface area contributed by atoms with Crippen molar-refractivity contribution in [3.05, 3.63) is 22.1 Å². The first kappa shape index (κ1) is 17.9. The standard InChI is InChI=1S/C18H28N6S/c1-3-4-7-20-15-10-16(23-18(19)22-15)24-8-5-6-14(11-24)9-17-21-13(2)12-25-17/h10,12,14H,3-9,11H2,1-2H3,(H3,19,20,22,23). The van der Waals surface area contributed by atoms with Crippen LogP contribution >= 0.6 is 11.3 Å². The third kappa shape index (κ3) is 5.04. The smallest absolute Gasteiger partial charge is 0.223 e. The zero-order valence-electron chi connectivity index (χ0n) is 15.2. The Labute approximate surface area is 153 Å². The van der Waals surface area contributed by atoms with E-state index in [0.717, 1.165) is 56.2 Å². The molecule has 0 radical (unpaired) electrons. The quantitative estimate of drug-likeness (QED) is 0.736. The van der Waals surface area contributed by atoms with Crippen molar-refractivity contribution in [2.45, 2.75) is 46.0 Å². The topological polar surface area (TPSA) is 80.0 Å². The first-order chi connectivity index (χ1) is 12.1. The van der Waals surface area contributed by atoms with Gasteiger partial charge >= 0.3 is 0 Å². The molecule has 0 saturated carbocycles. The molecule has 0 aliphatic carbocycles. The lowest BCUT2D eigenvalue weighted by atomic mass is 9.95. The van der Waals surface area contributed by atoms with Crippen LogP contribution in [0.5, 0.6) is 0 Å². The van der Waals surface area contributed by atoms with E-state index in [1.165, 1.54) is 17.8 Å². The summed E-state index contributed by atoms with van der Waals surface area (Å²) in [7, 11) is 0. The molecule has 1 aliphatic heterocycles. The van der Waals surface area contributed by atoms with Gasteiger partial charge < -0.3 is 16.0 Å². The second kappa shape index (κ2) is 8.47. The molecule has 2 aromatic heterocycles. The molecule has 1 unspecified atom stereocenters. The Hall–Kier alpha value is -1.89. The van der Waals surface area contributed by atoms with Crippen LogP contribution in [0, 0.1) is 12.8 Å². The second-order valence-electron chi connectivity index (χ2n) is 6.79. The summed E-state index contributed by atoms with van der Waals surface area (Å²) in [6.07, 6.45) is 5.76. The normalized spacial score (nSPS) is 17.7. The van der Waals surface area contributed by atoms with Gasteiger partial charge in [0.15, 0.2) is 0 Å². The summed E-state index contributed by atoms with van der Waals surface area (Å²) in [5.74, 6) is 2.72. The number of nitrogens with two attached hydrogens (primary N) is 1. The van der Waals surface area contributed by atoms with E-state index in [9.17, 15) is 0 Å². The highest BCUT2D eigenvalue weighted by molar-refractivity contribution is 7.09. The van der Waals surface area contributed by atoms with Crippen molar-refractivity contribution in [1.82, 2.24) is 15.0 Å². The first-order valence-electron chi connectivity index (χ1n) is 9.18. The highest BCUT2D eigenvalue weighted by Gasteiger charge is 2.23. The van der Waals surface area contributed by atoms with Crippen molar-refractivity contribution in [2.75, 3.05) is 35.6 Å². The van der Waals surface area contributed by atoms with Crippen LogP contribution < -0.4 is 16.0 Å². The third-order valence-electron chi connectivity index (χ3n) is 4.54. The summed E-state index contributed by atoms with van der Waals surface area (Å²) in [6, 6.07) is 2.03. The number of piperidine rings is 1. The van der Waals surface area contributed by atoms with Crippen LogP contribution in [0.3, 0.4) is 0 Å². The van der Waals surface area contributed by atoms with E-state index in [4.69, 9.17) is 5.73 Å². The zero-order chi connectivity index (χ0) is 17.6. The second-order valence-corrected chi connectivity index (χ2v) is 7.73. The van der Waals surface area contributed by atoms with Crippen LogP contribution in [0.25, 0.3) is 0 Å². The molecule has 25 heavy (non-hydrogen) atoms. The Kier molecular flexibility index (Phi) is 6.07. The van der Waals surface area contributed by atoms with Gasteiger partial charge in [0.25, 0.3) is 0 Å². The van der Waals surface area contributed by atoms with Gasteiger partial charge in [0.05, 0.1) is 5.01 Å². The third-order valence-corrected chi connectivity index (χ3v) is 5.53. The number of aromatic nitrogens is 3. The molecule has 2 aromatic rings. The van der Waals surface area contributed by atoms with E-state index in [1.54, 1.807) is 11.3 Å². The lowest BCUT2D eigenvalue weighted by Crippen LogP contribution is -2.37. The van der Waals surface area contributed by atoms with Crippen LogP contribution in [-0.4, -0.2) is 34.6 Å². The molecule has 0 aromatic carbocycles. The van der Waals surface area contributed by atoms with Gasteiger partial charge in [-0.2, -0.15) is 9.97 Å². The number of anilines is 3. The van der Waals surface area contributed by atoms with Gasteiger partial charge in [-0.3, -0.25) is 0 Å². The minimum atomic E-state index is 0.342. The van der Waals surface area contributed by atoms with Gasteiger partial charge in [-0.25, -0.2) is 4.98 Å². The molecule has 0 spiro atoms. The minimum absolute atomic E-state index is 0.342. The molecule has 0 amide bonds. The monoisotopic (exact) mass is 360 g/mol. The fraction of sp³-hybridized carbons (Fsp3) is 0.611. The molecule has 1 fully saturated rings. The lowest BCUT2D eigenvalue weighted by molar-refractivity contribution is 0.411. The first-order valence-corrected chi connectivity index (χ1v) is 10.1. The SMILES string of the molecule is CCCCNc1cc(N2CCCC(Cc3nc(C)cs3)C2)nc(N)n1. The minimum Gasteiger partial charge on any atom is -0.370 e. The van der Waals surface area contributed by atoms with Crippen molar-refractivity contribution in [3.63, 3.8) is 0 Å². The van der Waals surface area contributed by atoms with E-state index in [1.807, 2.05) is 6.07 Å². The average molecular weight is 361 g/mol. The van der Waals surface area contributed by atoms with E-state index < -0.39 is 0 Å². The van der Waals surface area contributed by atoms with Crippen LogP contribution in [0.2, 0.25) is 0 Å². The predicted molar refractivity (Wildman–Crippen MR) is 105 cm³/mol. The van der Waals surface area contributed by atoms with E-state index in [2.05, 4.69) is 44.4 Å². The van der Waals surface area contributed by atoms with Gasteiger partial charge in [0.2, 0.25) is 5.95 Å². The Morgan fingerprint density at radius 3 is 3.00 bits per heavy atom. The number of hydrogen-bond acceptors (Lipinski definition) is 7. The Morgan fingerprint density at radius 1 is 1.36 bits per heavy atom. The number of hydrogen-bond donors (Lipinski definition) is 2. The van der Waals surface area contributed by atoms with Gasteiger partial charge in [-0.15, -0.1) is 11.3 Å². The van der Waals surface area contributed by atoms with Gasteiger partial charge in [-0.05, 0) is 32.1 Å². The van der Waals surface area contributed by atoms with Gasteiger partial charge in [-0.1, -0.05) is 13.3 Å². The maximum atomic E-state index is 5.93.